The van der Waals surface area contributed by atoms with E-state index in [-0.39, 0.29) is 5.91 Å². The summed E-state index contributed by atoms with van der Waals surface area (Å²) in [5.41, 5.74) is 1.66. The van der Waals surface area contributed by atoms with Crippen LogP contribution in [0.15, 0.2) is 29.6 Å². The van der Waals surface area contributed by atoms with Crippen LogP contribution in [0.2, 0.25) is 0 Å². The Bertz CT molecular complexity index is 770. The summed E-state index contributed by atoms with van der Waals surface area (Å²) >= 11 is 1.49. The van der Waals surface area contributed by atoms with Gasteiger partial charge in [0.15, 0.2) is 5.13 Å². The highest BCUT2D eigenvalue weighted by Gasteiger charge is 2.22. The van der Waals surface area contributed by atoms with Crippen molar-refractivity contribution < 1.29 is 9.53 Å². The van der Waals surface area contributed by atoms with Gasteiger partial charge in [-0.05, 0) is 68.3 Å². The van der Waals surface area contributed by atoms with E-state index in [1.165, 1.54) is 37.0 Å². The first kappa shape index (κ1) is 18.4. The average molecular weight is 386 g/mol. The molecule has 2 fully saturated rings. The van der Waals surface area contributed by atoms with Gasteiger partial charge in [-0.3, -0.25) is 15.0 Å². The third kappa shape index (κ3) is 5.30. The van der Waals surface area contributed by atoms with E-state index in [0.29, 0.717) is 10.7 Å². The van der Waals surface area contributed by atoms with Crippen molar-refractivity contribution in [3.8, 4) is 5.75 Å². The number of nitrogens with one attached hydrogen (secondary N) is 1. The zero-order valence-corrected chi connectivity index (χ0v) is 16.6. The number of aromatic nitrogens is 1. The number of carbonyl (C=O) groups is 1. The Morgan fingerprint density at radius 3 is 2.85 bits per heavy atom. The lowest BCUT2D eigenvalue weighted by Gasteiger charge is -2.30. The average Bonchev–Trinajstić information content (AvgIpc) is 3.40. The fraction of sp³-hybridized carbons (Fsp3) is 0.524. The van der Waals surface area contributed by atoms with Gasteiger partial charge in [0.1, 0.15) is 5.75 Å². The van der Waals surface area contributed by atoms with E-state index in [4.69, 9.17) is 4.74 Å². The van der Waals surface area contributed by atoms with Gasteiger partial charge >= 0.3 is 0 Å². The summed E-state index contributed by atoms with van der Waals surface area (Å²) in [4.78, 5) is 19.5. The van der Waals surface area contributed by atoms with Gasteiger partial charge in [0.2, 0.25) is 0 Å². The summed E-state index contributed by atoms with van der Waals surface area (Å²) < 4.78 is 5.72. The fourth-order valence-electron chi connectivity index (χ4n) is 3.47. The number of thiazole rings is 1. The highest BCUT2D eigenvalue weighted by Crippen LogP contribution is 2.29. The number of piperidine rings is 1. The number of likely N-dealkylation sites (tertiary alicyclic amines) is 1. The van der Waals surface area contributed by atoms with Crippen LogP contribution in [0, 0.1) is 11.8 Å². The zero-order chi connectivity index (χ0) is 18.6. The van der Waals surface area contributed by atoms with E-state index in [9.17, 15) is 4.79 Å². The lowest BCUT2D eigenvalue weighted by atomic mass is 10.0. The van der Waals surface area contributed by atoms with Crippen molar-refractivity contribution in [2.75, 3.05) is 25.0 Å². The van der Waals surface area contributed by atoms with Crippen LogP contribution in [0.25, 0.3) is 0 Å². The van der Waals surface area contributed by atoms with Crippen LogP contribution in [0.5, 0.6) is 5.75 Å². The number of nitrogens with zero attached hydrogens (tertiary/aromatic N) is 2. The predicted molar refractivity (Wildman–Crippen MR) is 108 cm³/mol. The van der Waals surface area contributed by atoms with Gasteiger partial charge < -0.3 is 4.74 Å². The van der Waals surface area contributed by atoms with E-state index in [0.717, 1.165) is 49.5 Å². The minimum absolute atomic E-state index is 0.128. The Morgan fingerprint density at radius 1 is 1.30 bits per heavy atom. The van der Waals surface area contributed by atoms with Gasteiger partial charge in [0.25, 0.3) is 5.91 Å². The lowest BCUT2D eigenvalue weighted by molar-refractivity contribution is 0.102. The molecule has 1 aliphatic carbocycles. The third-order valence-corrected chi connectivity index (χ3v) is 6.00. The maximum Gasteiger partial charge on any atom is 0.257 e. The monoisotopic (exact) mass is 385 g/mol. The number of ether oxygens (including phenoxy) is 1. The number of anilines is 1. The lowest BCUT2D eigenvalue weighted by Crippen LogP contribution is -2.33. The molecule has 2 heterocycles. The first-order valence-electron chi connectivity index (χ1n) is 9.86. The maximum atomic E-state index is 12.4. The number of benzene rings is 1. The second-order valence-electron chi connectivity index (χ2n) is 7.86. The van der Waals surface area contributed by atoms with E-state index >= 15 is 0 Å². The minimum atomic E-state index is -0.128. The standard InChI is InChI=1S/C21H27N3O2S/c1-15-3-2-10-24(11-15)12-18-14-27-21(22-18)23-20(25)17-6-8-19(9-7-17)26-13-16-4-5-16/h6-9,14-16H,2-5,10-13H2,1H3,(H,22,23,25). The Kier molecular flexibility index (Phi) is 5.74. The topological polar surface area (TPSA) is 54.5 Å². The molecule has 0 radical (unpaired) electrons. The predicted octanol–water partition coefficient (Wildman–Crippen LogP) is 4.42. The van der Waals surface area contributed by atoms with Gasteiger partial charge in [0.05, 0.1) is 12.3 Å². The molecular weight excluding hydrogens is 358 g/mol. The number of hydrogen-bond acceptors (Lipinski definition) is 5. The van der Waals surface area contributed by atoms with Crippen LogP contribution >= 0.6 is 11.3 Å². The van der Waals surface area contributed by atoms with Crippen molar-refractivity contribution in [1.29, 1.82) is 0 Å². The molecule has 5 nitrogen and oxygen atoms in total. The molecule has 0 spiro atoms. The fourth-order valence-corrected chi connectivity index (χ4v) is 4.16. The molecule has 1 atom stereocenters. The second-order valence-corrected chi connectivity index (χ2v) is 8.72. The highest BCUT2D eigenvalue weighted by molar-refractivity contribution is 7.13. The molecule has 2 aromatic rings. The van der Waals surface area contributed by atoms with Gasteiger partial charge in [-0.1, -0.05) is 6.92 Å². The molecule has 1 saturated heterocycles. The molecule has 1 aliphatic heterocycles. The molecule has 1 aromatic heterocycles. The Balaban J connectivity index is 1.29. The first-order valence-corrected chi connectivity index (χ1v) is 10.7. The third-order valence-electron chi connectivity index (χ3n) is 5.20. The van der Waals surface area contributed by atoms with Crippen LogP contribution in [0.4, 0.5) is 5.13 Å². The molecule has 1 saturated carbocycles. The molecule has 1 aromatic carbocycles. The summed E-state index contributed by atoms with van der Waals surface area (Å²) in [6.45, 7) is 6.22. The highest BCUT2D eigenvalue weighted by atomic mass is 32.1. The first-order chi connectivity index (χ1) is 13.2. The summed E-state index contributed by atoms with van der Waals surface area (Å²) in [5, 5.41) is 5.62. The van der Waals surface area contributed by atoms with Crippen molar-refractivity contribution in [2.45, 2.75) is 39.2 Å². The molecule has 0 bridgehead atoms. The number of hydrogen-bond donors (Lipinski definition) is 1. The Morgan fingerprint density at radius 2 is 2.11 bits per heavy atom. The van der Waals surface area contributed by atoms with Gasteiger partial charge in [-0.15, -0.1) is 11.3 Å². The molecule has 4 rings (SSSR count). The minimum Gasteiger partial charge on any atom is -0.493 e. The molecule has 1 N–H and O–H groups in total. The van der Waals surface area contributed by atoms with Crippen molar-refractivity contribution in [3.63, 3.8) is 0 Å². The smallest absolute Gasteiger partial charge is 0.257 e. The van der Waals surface area contributed by atoms with E-state index in [2.05, 4.69) is 22.1 Å². The number of amides is 1. The maximum absolute atomic E-state index is 12.4. The number of rotatable bonds is 7. The van der Waals surface area contributed by atoms with Crippen LogP contribution in [0.3, 0.4) is 0 Å². The van der Waals surface area contributed by atoms with Crippen molar-refractivity contribution in [1.82, 2.24) is 9.88 Å². The largest absolute Gasteiger partial charge is 0.493 e. The van der Waals surface area contributed by atoms with E-state index in [1.807, 2.05) is 17.5 Å². The normalized spacial score (nSPS) is 20.4. The Labute approximate surface area is 164 Å². The number of carbonyl (C=O) groups excluding carboxylic acids is 1. The summed E-state index contributed by atoms with van der Waals surface area (Å²) in [5.74, 6) is 2.18. The quantitative estimate of drug-likeness (QED) is 0.767. The van der Waals surface area contributed by atoms with E-state index in [1.54, 1.807) is 12.1 Å². The molecular formula is C21H27N3O2S. The van der Waals surface area contributed by atoms with Gasteiger partial charge in [-0.25, -0.2) is 4.98 Å². The second kappa shape index (κ2) is 8.40. The molecule has 2 aliphatic rings. The summed E-state index contributed by atoms with van der Waals surface area (Å²) in [6.07, 6.45) is 5.12. The molecule has 1 amide bonds. The van der Waals surface area contributed by atoms with Gasteiger partial charge in [0, 0.05) is 24.0 Å². The molecule has 27 heavy (non-hydrogen) atoms. The zero-order valence-electron chi connectivity index (χ0n) is 15.8. The van der Waals surface area contributed by atoms with Crippen LogP contribution in [0.1, 0.15) is 48.7 Å². The van der Waals surface area contributed by atoms with Crippen LogP contribution < -0.4 is 10.1 Å². The van der Waals surface area contributed by atoms with E-state index < -0.39 is 0 Å². The van der Waals surface area contributed by atoms with Crippen molar-refractivity contribution >= 4 is 22.4 Å². The molecule has 1 unspecified atom stereocenters. The van der Waals surface area contributed by atoms with Crippen molar-refractivity contribution in [3.05, 3.63) is 40.9 Å². The molecule has 144 valence electrons. The SMILES string of the molecule is CC1CCCN(Cc2csc(NC(=O)c3ccc(OCC4CC4)cc3)n2)C1. The van der Waals surface area contributed by atoms with Crippen LogP contribution in [-0.4, -0.2) is 35.5 Å². The van der Waals surface area contributed by atoms with Crippen molar-refractivity contribution in [2.24, 2.45) is 11.8 Å². The Hall–Kier alpha value is -1.92. The molecule has 6 heteroatoms. The van der Waals surface area contributed by atoms with Gasteiger partial charge in [-0.2, -0.15) is 0 Å². The summed E-state index contributed by atoms with van der Waals surface area (Å²) in [7, 11) is 0. The van der Waals surface area contributed by atoms with Crippen LogP contribution in [-0.2, 0) is 6.54 Å². The summed E-state index contributed by atoms with van der Waals surface area (Å²) in [6, 6.07) is 7.34.